The van der Waals surface area contributed by atoms with E-state index in [0.717, 1.165) is 50.5 Å². The molecule has 2 aliphatic heterocycles. The number of benzene rings is 1. The van der Waals surface area contributed by atoms with Gasteiger partial charge in [-0.2, -0.15) is 5.10 Å². The second-order valence-electron chi connectivity index (χ2n) is 6.19. The van der Waals surface area contributed by atoms with Crippen LogP contribution in [-0.2, 0) is 24.3 Å². The predicted octanol–water partition coefficient (Wildman–Crippen LogP) is 1.70. The van der Waals surface area contributed by atoms with Crippen LogP contribution in [0, 0.1) is 0 Å². The van der Waals surface area contributed by atoms with Crippen LogP contribution in [-0.4, -0.2) is 40.2 Å². The zero-order valence-corrected chi connectivity index (χ0v) is 13.1. The summed E-state index contributed by atoms with van der Waals surface area (Å²) in [4.78, 5) is 14.6. The van der Waals surface area contributed by atoms with Crippen LogP contribution in [0.3, 0.4) is 0 Å². The van der Waals surface area contributed by atoms with Gasteiger partial charge >= 0.3 is 0 Å². The number of rotatable bonds is 3. The van der Waals surface area contributed by atoms with Crippen LogP contribution in [0.1, 0.15) is 17.5 Å². The minimum atomic E-state index is 0.0209. The lowest BCUT2D eigenvalue weighted by atomic mass is 10.00. The van der Waals surface area contributed by atoms with E-state index in [1.165, 1.54) is 11.1 Å². The summed E-state index contributed by atoms with van der Waals surface area (Å²) in [6.07, 6.45) is 3.81. The molecule has 2 aliphatic rings. The molecule has 0 fully saturated rings. The van der Waals surface area contributed by atoms with E-state index in [4.69, 9.17) is 0 Å². The van der Waals surface area contributed by atoms with Crippen LogP contribution < -0.4 is 10.6 Å². The summed E-state index contributed by atoms with van der Waals surface area (Å²) in [5.74, 6) is 0.946. The molecule has 0 saturated carbocycles. The first kappa shape index (κ1) is 14.3. The van der Waals surface area contributed by atoms with Crippen molar-refractivity contribution >= 4 is 17.4 Å². The molecule has 0 bridgehead atoms. The van der Waals surface area contributed by atoms with Crippen molar-refractivity contribution in [2.75, 3.05) is 30.3 Å². The Bertz CT molecular complexity index is 724. The van der Waals surface area contributed by atoms with Gasteiger partial charge in [0.1, 0.15) is 11.5 Å². The van der Waals surface area contributed by atoms with E-state index in [2.05, 4.69) is 44.9 Å². The lowest BCUT2D eigenvalue weighted by Gasteiger charge is -2.28. The molecule has 120 valence electrons. The SMILES string of the molecule is O=C(CN1CCc2ccccc2C1)Nc1cnn2c1NCCC2. The minimum absolute atomic E-state index is 0.0209. The number of nitrogens with zero attached hydrogens (tertiary/aromatic N) is 3. The fourth-order valence-electron chi connectivity index (χ4n) is 3.35. The summed E-state index contributed by atoms with van der Waals surface area (Å²) in [6, 6.07) is 8.47. The van der Waals surface area contributed by atoms with Crippen LogP contribution in [0.4, 0.5) is 11.5 Å². The molecule has 0 radical (unpaired) electrons. The highest BCUT2D eigenvalue weighted by molar-refractivity contribution is 5.94. The van der Waals surface area contributed by atoms with Crippen molar-refractivity contribution in [2.24, 2.45) is 0 Å². The Hall–Kier alpha value is -2.34. The average molecular weight is 311 g/mol. The van der Waals surface area contributed by atoms with Gasteiger partial charge in [0.15, 0.2) is 0 Å². The molecule has 1 aromatic carbocycles. The second kappa shape index (κ2) is 6.04. The maximum Gasteiger partial charge on any atom is 0.238 e. The van der Waals surface area contributed by atoms with Crippen molar-refractivity contribution in [2.45, 2.75) is 25.9 Å². The fourth-order valence-corrected chi connectivity index (χ4v) is 3.35. The number of nitrogens with one attached hydrogen (secondary N) is 2. The van der Waals surface area contributed by atoms with Crippen LogP contribution in [0.25, 0.3) is 0 Å². The number of aromatic nitrogens is 2. The van der Waals surface area contributed by atoms with Gasteiger partial charge in [-0.15, -0.1) is 0 Å². The van der Waals surface area contributed by atoms with E-state index >= 15 is 0 Å². The first-order valence-corrected chi connectivity index (χ1v) is 8.18. The maximum atomic E-state index is 12.4. The molecule has 0 aliphatic carbocycles. The first-order valence-electron chi connectivity index (χ1n) is 8.18. The maximum absolute atomic E-state index is 12.4. The van der Waals surface area contributed by atoms with Gasteiger partial charge in [-0.05, 0) is 24.0 Å². The monoisotopic (exact) mass is 311 g/mol. The smallest absolute Gasteiger partial charge is 0.238 e. The zero-order valence-electron chi connectivity index (χ0n) is 13.1. The van der Waals surface area contributed by atoms with E-state index in [-0.39, 0.29) is 5.91 Å². The lowest BCUT2D eigenvalue weighted by Crippen LogP contribution is -2.37. The molecule has 3 heterocycles. The van der Waals surface area contributed by atoms with Crippen LogP contribution in [0.15, 0.2) is 30.5 Å². The summed E-state index contributed by atoms with van der Waals surface area (Å²) in [5, 5.41) is 10.6. The predicted molar refractivity (Wildman–Crippen MR) is 89.4 cm³/mol. The Balaban J connectivity index is 1.38. The number of fused-ring (bicyclic) bond motifs is 2. The number of anilines is 2. The van der Waals surface area contributed by atoms with Gasteiger partial charge in [0, 0.05) is 26.2 Å². The number of amides is 1. The van der Waals surface area contributed by atoms with Gasteiger partial charge in [-0.1, -0.05) is 24.3 Å². The number of hydrogen-bond donors (Lipinski definition) is 2. The summed E-state index contributed by atoms with van der Waals surface area (Å²) >= 11 is 0. The van der Waals surface area contributed by atoms with E-state index in [1.54, 1.807) is 6.20 Å². The Kier molecular flexibility index (Phi) is 3.75. The molecule has 0 spiro atoms. The van der Waals surface area contributed by atoms with E-state index in [0.29, 0.717) is 6.54 Å². The van der Waals surface area contributed by atoms with Crippen molar-refractivity contribution in [1.29, 1.82) is 0 Å². The minimum Gasteiger partial charge on any atom is -0.368 e. The van der Waals surface area contributed by atoms with Crippen LogP contribution in [0.2, 0.25) is 0 Å². The highest BCUT2D eigenvalue weighted by atomic mass is 16.2. The summed E-state index contributed by atoms with van der Waals surface area (Å²) in [5.41, 5.74) is 3.52. The standard InChI is InChI=1S/C17H21N5O/c23-16(20-15-10-19-22-8-3-7-18-17(15)22)12-21-9-6-13-4-1-2-5-14(13)11-21/h1-2,4-5,10,18H,3,6-9,11-12H2,(H,20,23). The molecule has 4 rings (SSSR count). The Morgan fingerprint density at radius 3 is 3.04 bits per heavy atom. The Labute approximate surface area is 135 Å². The van der Waals surface area contributed by atoms with E-state index in [1.807, 2.05) is 4.68 Å². The molecule has 1 amide bonds. The average Bonchev–Trinajstić information content (AvgIpc) is 2.98. The van der Waals surface area contributed by atoms with Crippen molar-refractivity contribution in [3.63, 3.8) is 0 Å². The molecule has 6 nitrogen and oxygen atoms in total. The Morgan fingerprint density at radius 1 is 1.26 bits per heavy atom. The number of carbonyl (C=O) groups is 1. The van der Waals surface area contributed by atoms with Gasteiger partial charge in [0.05, 0.1) is 12.7 Å². The summed E-state index contributed by atoms with van der Waals surface area (Å²) in [6.45, 7) is 4.01. The number of aryl methyl sites for hydroxylation is 1. The molecular formula is C17H21N5O. The van der Waals surface area contributed by atoms with Crippen LogP contribution in [0.5, 0.6) is 0 Å². The largest absolute Gasteiger partial charge is 0.368 e. The third kappa shape index (κ3) is 2.94. The van der Waals surface area contributed by atoms with Gasteiger partial charge in [-0.25, -0.2) is 4.68 Å². The first-order chi connectivity index (χ1) is 11.3. The van der Waals surface area contributed by atoms with Gasteiger partial charge in [0.2, 0.25) is 5.91 Å². The highest BCUT2D eigenvalue weighted by Crippen LogP contribution is 2.24. The Morgan fingerprint density at radius 2 is 2.13 bits per heavy atom. The van der Waals surface area contributed by atoms with Crippen LogP contribution >= 0.6 is 0 Å². The molecule has 2 aromatic rings. The van der Waals surface area contributed by atoms with E-state index in [9.17, 15) is 4.79 Å². The molecule has 0 saturated heterocycles. The summed E-state index contributed by atoms with van der Waals surface area (Å²) in [7, 11) is 0. The second-order valence-corrected chi connectivity index (χ2v) is 6.19. The third-order valence-corrected chi connectivity index (χ3v) is 4.53. The zero-order chi connectivity index (χ0) is 15.6. The van der Waals surface area contributed by atoms with Gasteiger partial charge < -0.3 is 10.6 Å². The van der Waals surface area contributed by atoms with Crippen molar-refractivity contribution in [3.05, 3.63) is 41.6 Å². The van der Waals surface area contributed by atoms with Crippen molar-refractivity contribution in [1.82, 2.24) is 14.7 Å². The number of carbonyl (C=O) groups excluding carboxylic acids is 1. The van der Waals surface area contributed by atoms with Gasteiger partial charge in [-0.3, -0.25) is 9.69 Å². The molecular weight excluding hydrogens is 290 g/mol. The van der Waals surface area contributed by atoms with Crippen molar-refractivity contribution < 1.29 is 4.79 Å². The lowest BCUT2D eigenvalue weighted by molar-refractivity contribution is -0.117. The molecule has 0 atom stereocenters. The molecule has 1 aromatic heterocycles. The quantitative estimate of drug-likeness (QED) is 0.905. The van der Waals surface area contributed by atoms with Crippen molar-refractivity contribution in [3.8, 4) is 0 Å². The molecule has 2 N–H and O–H groups in total. The topological polar surface area (TPSA) is 62.2 Å². The highest BCUT2D eigenvalue weighted by Gasteiger charge is 2.20. The normalized spacial score (nSPS) is 17.0. The third-order valence-electron chi connectivity index (χ3n) is 4.53. The molecule has 23 heavy (non-hydrogen) atoms. The number of hydrogen-bond acceptors (Lipinski definition) is 4. The molecule has 6 heteroatoms. The fraction of sp³-hybridized carbons (Fsp3) is 0.412. The van der Waals surface area contributed by atoms with Gasteiger partial charge in [0.25, 0.3) is 0 Å². The molecule has 0 unspecified atom stereocenters. The summed E-state index contributed by atoms with van der Waals surface area (Å²) < 4.78 is 1.91. The van der Waals surface area contributed by atoms with E-state index < -0.39 is 0 Å².